The Morgan fingerprint density at radius 3 is 2.93 bits per heavy atom. The Hall–Kier alpha value is -1.17. The number of nitrogens with two attached hydrogens (primary N) is 1. The molecule has 1 aliphatic rings. The van der Waals surface area contributed by atoms with Gasteiger partial charge in [-0.25, -0.2) is 0 Å². The predicted octanol–water partition coefficient (Wildman–Crippen LogP) is 1.48. The van der Waals surface area contributed by atoms with Crippen LogP contribution in [0.2, 0.25) is 0 Å². The van der Waals surface area contributed by atoms with E-state index in [0.717, 1.165) is 24.3 Å². The second kappa shape index (κ2) is 4.14. The molecule has 2 rings (SSSR count). The zero-order chi connectivity index (χ0) is 10.8. The number of nitrogens with zero attached hydrogens (tertiary/aromatic N) is 2. The molecule has 0 amide bonds. The van der Waals surface area contributed by atoms with E-state index in [2.05, 4.69) is 10.2 Å². The third kappa shape index (κ3) is 2.44. The van der Waals surface area contributed by atoms with Crippen LogP contribution in [0.25, 0.3) is 0 Å². The van der Waals surface area contributed by atoms with Crippen LogP contribution in [0.15, 0.2) is 0 Å². The number of hydrogen-bond donors (Lipinski definition) is 2. The molecule has 0 unspecified atom stereocenters. The van der Waals surface area contributed by atoms with Gasteiger partial charge in [0.25, 0.3) is 0 Å². The lowest BCUT2D eigenvalue weighted by Gasteiger charge is -2.05. The number of aromatic nitrogens is 2. The van der Waals surface area contributed by atoms with E-state index < -0.39 is 5.97 Å². The van der Waals surface area contributed by atoms with Crippen molar-refractivity contribution in [1.29, 1.82) is 0 Å². The number of rotatable bonds is 3. The molecule has 0 radical (unpaired) electrons. The van der Waals surface area contributed by atoms with Crippen molar-refractivity contribution in [2.24, 2.45) is 5.92 Å². The maximum absolute atomic E-state index is 10.6. The molecule has 2 atom stereocenters. The Bertz CT molecular complexity index is 366. The minimum Gasteiger partial charge on any atom is -0.481 e. The molecule has 6 heteroatoms. The highest BCUT2D eigenvalue weighted by Crippen LogP contribution is 2.40. The number of anilines is 1. The average molecular weight is 227 g/mol. The van der Waals surface area contributed by atoms with E-state index in [1.165, 1.54) is 11.3 Å². The first-order chi connectivity index (χ1) is 7.15. The first-order valence-corrected chi connectivity index (χ1v) is 5.77. The van der Waals surface area contributed by atoms with Crippen molar-refractivity contribution >= 4 is 22.4 Å². The second-order valence-electron chi connectivity index (χ2n) is 3.95. The molecule has 1 aliphatic carbocycles. The summed E-state index contributed by atoms with van der Waals surface area (Å²) in [5.74, 6) is -0.0563. The number of carboxylic acid groups (broad SMARTS) is 1. The minimum atomic E-state index is -0.711. The van der Waals surface area contributed by atoms with Crippen molar-refractivity contribution in [2.75, 3.05) is 5.73 Å². The van der Waals surface area contributed by atoms with Crippen LogP contribution in [0.4, 0.5) is 5.13 Å². The summed E-state index contributed by atoms with van der Waals surface area (Å²) in [5, 5.41) is 17.9. The van der Waals surface area contributed by atoms with Gasteiger partial charge in [-0.05, 0) is 25.2 Å². The SMILES string of the molecule is Nc1nnc([C@@H]2CC[C@H](CC(=O)O)C2)s1. The van der Waals surface area contributed by atoms with Gasteiger partial charge in [0.1, 0.15) is 5.01 Å². The van der Waals surface area contributed by atoms with Crippen molar-refractivity contribution in [3.63, 3.8) is 0 Å². The summed E-state index contributed by atoms with van der Waals surface area (Å²) in [4.78, 5) is 10.6. The van der Waals surface area contributed by atoms with Gasteiger partial charge in [0, 0.05) is 12.3 Å². The lowest BCUT2D eigenvalue weighted by atomic mass is 10.0. The van der Waals surface area contributed by atoms with Crippen molar-refractivity contribution in [3.05, 3.63) is 5.01 Å². The summed E-state index contributed by atoms with van der Waals surface area (Å²) in [6.07, 6.45) is 3.15. The molecule has 0 spiro atoms. The molecule has 1 fully saturated rings. The van der Waals surface area contributed by atoms with Gasteiger partial charge < -0.3 is 10.8 Å². The molecule has 1 aromatic rings. The van der Waals surface area contributed by atoms with Crippen LogP contribution in [0.5, 0.6) is 0 Å². The first-order valence-electron chi connectivity index (χ1n) is 4.96. The topological polar surface area (TPSA) is 89.1 Å². The van der Waals surface area contributed by atoms with Crippen molar-refractivity contribution < 1.29 is 9.90 Å². The van der Waals surface area contributed by atoms with Gasteiger partial charge in [0.15, 0.2) is 0 Å². The molecule has 1 aromatic heterocycles. The fraction of sp³-hybridized carbons (Fsp3) is 0.667. The van der Waals surface area contributed by atoms with Crippen LogP contribution in [0, 0.1) is 5.92 Å². The fourth-order valence-electron chi connectivity index (χ4n) is 2.14. The summed E-state index contributed by atoms with van der Waals surface area (Å²) in [5.41, 5.74) is 5.51. The molecule has 0 saturated heterocycles. The zero-order valence-electron chi connectivity index (χ0n) is 8.22. The first kappa shape index (κ1) is 10.4. The lowest BCUT2D eigenvalue weighted by molar-refractivity contribution is -0.138. The number of aliphatic carboxylic acids is 1. The van der Waals surface area contributed by atoms with E-state index in [0.29, 0.717) is 11.0 Å². The third-order valence-electron chi connectivity index (χ3n) is 2.81. The van der Waals surface area contributed by atoms with E-state index in [-0.39, 0.29) is 12.3 Å². The Kier molecular flexibility index (Phi) is 2.86. The Balaban J connectivity index is 1.95. The summed E-state index contributed by atoms with van der Waals surface area (Å²) < 4.78 is 0. The van der Waals surface area contributed by atoms with Crippen molar-refractivity contribution in [3.8, 4) is 0 Å². The number of nitrogen functional groups attached to an aromatic ring is 1. The molecule has 0 aliphatic heterocycles. The van der Waals surface area contributed by atoms with Gasteiger partial charge in [-0.3, -0.25) is 4.79 Å². The molecular formula is C9H13N3O2S. The van der Waals surface area contributed by atoms with E-state index in [9.17, 15) is 4.79 Å². The van der Waals surface area contributed by atoms with Crippen LogP contribution in [0.1, 0.15) is 36.6 Å². The van der Waals surface area contributed by atoms with Gasteiger partial charge in [-0.15, -0.1) is 10.2 Å². The average Bonchev–Trinajstić information content (AvgIpc) is 2.72. The van der Waals surface area contributed by atoms with Crippen LogP contribution in [-0.2, 0) is 4.79 Å². The van der Waals surface area contributed by atoms with Crippen LogP contribution in [0.3, 0.4) is 0 Å². The monoisotopic (exact) mass is 227 g/mol. The number of carboxylic acids is 1. The van der Waals surface area contributed by atoms with Crippen LogP contribution >= 0.6 is 11.3 Å². The van der Waals surface area contributed by atoms with Gasteiger partial charge in [0.2, 0.25) is 5.13 Å². The molecule has 1 saturated carbocycles. The third-order valence-corrected chi connectivity index (χ3v) is 3.72. The molecular weight excluding hydrogens is 214 g/mol. The molecule has 3 N–H and O–H groups in total. The van der Waals surface area contributed by atoms with Crippen LogP contribution < -0.4 is 5.73 Å². The van der Waals surface area contributed by atoms with E-state index in [1.807, 2.05) is 0 Å². The molecule has 1 heterocycles. The number of carbonyl (C=O) groups is 1. The number of hydrogen-bond acceptors (Lipinski definition) is 5. The molecule has 0 aromatic carbocycles. The zero-order valence-corrected chi connectivity index (χ0v) is 9.04. The lowest BCUT2D eigenvalue weighted by Crippen LogP contribution is -2.04. The smallest absolute Gasteiger partial charge is 0.303 e. The minimum absolute atomic E-state index is 0.269. The molecule has 82 valence electrons. The highest BCUT2D eigenvalue weighted by molar-refractivity contribution is 7.15. The normalized spacial score (nSPS) is 25.6. The Labute approximate surface area is 91.3 Å². The standard InChI is InChI=1S/C9H13N3O2S/c10-9-12-11-8(15-9)6-2-1-5(3-6)4-7(13)14/h5-6H,1-4H2,(H2,10,12)(H,13,14)/t5-,6+/m0/s1. The summed E-state index contributed by atoms with van der Waals surface area (Å²) in [7, 11) is 0. The predicted molar refractivity (Wildman–Crippen MR) is 56.7 cm³/mol. The van der Waals surface area contributed by atoms with Crippen molar-refractivity contribution in [1.82, 2.24) is 10.2 Å². The second-order valence-corrected chi connectivity index (χ2v) is 4.99. The van der Waals surface area contributed by atoms with Gasteiger partial charge >= 0.3 is 5.97 Å². The maximum atomic E-state index is 10.6. The Morgan fingerprint density at radius 2 is 2.33 bits per heavy atom. The molecule has 15 heavy (non-hydrogen) atoms. The fourth-order valence-corrected chi connectivity index (χ4v) is 2.90. The Morgan fingerprint density at radius 1 is 1.53 bits per heavy atom. The van der Waals surface area contributed by atoms with Crippen LogP contribution in [-0.4, -0.2) is 21.3 Å². The quantitative estimate of drug-likeness (QED) is 0.816. The largest absolute Gasteiger partial charge is 0.481 e. The van der Waals surface area contributed by atoms with Gasteiger partial charge in [0.05, 0.1) is 0 Å². The van der Waals surface area contributed by atoms with Gasteiger partial charge in [-0.2, -0.15) is 0 Å². The van der Waals surface area contributed by atoms with Crippen molar-refractivity contribution in [2.45, 2.75) is 31.6 Å². The summed E-state index contributed by atoms with van der Waals surface area (Å²) in [6, 6.07) is 0. The van der Waals surface area contributed by atoms with E-state index in [4.69, 9.17) is 10.8 Å². The molecule has 0 bridgehead atoms. The van der Waals surface area contributed by atoms with E-state index >= 15 is 0 Å². The van der Waals surface area contributed by atoms with E-state index in [1.54, 1.807) is 0 Å². The van der Waals surface area contributed by atoms with Gasteiger partial charge in [-0.1, -0.05) is 11.3 Å². The highest BCUT2D eigenvalue weighted by Gasteiger charge is 2.29. The summed E-state index contributed by atoms with van der Waals surface area (Å²) in [6.45, 7) is 0. The highest BCUT2D eigenvalue weighted by atomic mass is 32.1. The maximum Gasteiger partial charge on any atom is 0.303 e. The molecule has 5 nitrogen and oxygen atoms in total. The summed E-state index contributed by atoms with van der Waals surface area (Å²) >= 11 is 1.41.